The van der Waals surface area contributed by atoms with Crippen LogP contribution in [-0.4, -0.2) is 10.7 Å². The Hall–Kier alpha value is -3.75. The molecule has 0 spiro atoms. The minimum Gasteiger partial charge on any atom is -0.508 e. The first kappa shape index (κ1) is 22.1. The Morgan fingerprint density at radius 2 is 1.35 bits per heavy atom. The lowest BCUT2D eigenvalue weighted by molar-refractivity contribution is 0.173. The highest BCUT2D eigenvalue weighted by Crippen LogP contribution is 2.46. The predicted octanol–water partition coefficient (Wildman–Crippen LogP) is 8.26. The van der Waals surface area contributed by atoms with Gasteiger partial charge in [-0.05, 0) is 89.7 Å². The average Bonchev–Trinajstić information content (AvgIpc) is 3.21. The van der Waals surface area contributed by atoms with Crippen molar-refractivity contribution in [3.63, 3.8) is 0 Å². The average molecular weight is 465 g/mol. The zero-order chi connectivity index (χ0) is 23.7. The van der Waals surface area contributed by atoms with Gasteiger partial charge in [-0.3, -0.25) is 0 Å². The van der Waals surface area contributed by atoms with Crippen molar-refractivity contribution in [3.8, 4) is 11.5 Å². The van der Waals surface area contributed by atoms with E-state index >= 15 is 0 Å². The summed E-state index contributed by atoms with van der Waals surface area (Å²) in [5, 5.41) is 10.4. The molecule has 0 heterocycles. The molecule has 0 amide bonds. The topological polar surface area (TPSA) is 29.5 Å². The third-order valence-electron chi connectivity index (χ3n) is 6.09. The van der Waals surface area contributed by atoms with Gasteiger partial charge >= 0.3 is 0 Å². The van der Waals surface area contributed by atoms with Gasteiger partial charge in [0.2, 0.25) is 0 Å². The van der Waals surface area contributed by atoms with E-state index in [0.29, 0.717) is 5.75 Å². The second-order valence-corrected chi connectivity index (χ2v) is 9.31. The number of ether oxygens (including phenoxy) is 1. The van der Waals surface area contributed by atoms with Crippen molar-refractivity contribution < 1.29 is 9.84 Å². The summed E-state index contributed by atoms with van der Waals surface area (Å²) < 4.78 is 6.54. The Balaban J connectivity index is 1.73. The number of hydrogen-bond donors (Lipinski definition) is 1. The van der Waals surface area contributed by atoms with Gasteiger partial charge in [0.05, 0.1) is 0 Å². The van der Waals surface area contributed by atoms with Crippen molar-refractivity contribution in [3.05, 3.63) is 136 Å². The Morgan fingerprint density at radius 1 is 0.735 bits per heavy atom. The molecule has 0 bridgehead atoms. The Kier molecular flexibility index (Phi) is 5.77. The van der Waals surface area contributed by atoms with E-state index in [2.05, 4.69) is 80.6 Å². The molecule has 0 atom stereocenters. The molecule has 1 aliphatic rings. The Morgan fingerprint density at radius 3 is 2.03 bits per heavy atom. The van der Waals surface area contributed by atoms with E-state index in [4.69, 9.17) is 16.3 Å². The molecule has 2 nitrogen and oxygen atoms in total. The molecule has 0 aromatic heterocycles. The van der Waals surface area contributed by atoms with Crippen molar-refractivity contribution in [2.24, 2.45) is 0 Å². The summed E-state index contributed by atoms with van der Waals surface area (Å²) >= 11 is 6.16. The van der Waals surface area contributed by atoms with Gasteiger partial charge in [-0.25, -0.2) is 0 Å². The van der Waals surface area contributed by atoms with Crippen molar-refractivity contribution >= 4 is 28.3 Å². The smallest absolute Gasteiger partial charge is 0.130 e. The second-order valence-electron chi connectivity index (χ2n) is 8.87. The highest BCUT2D eigenvalue weighted by atomic mass is 35.5. The predicted molar refractivity (Wildman–Crippen MR) is 141 cm³/mol. The standard InChI is InChI=1S/C31H25ClO2/c1-31(2,34-25-18-16-24(33)17-19-25)30(22-8-4-3-5-9-22)29-20-28(21-12-14-23(32)15-13-21)26-10-6-7-11-27(26)29/h3-20,33H,1-2H3/b30-29-. The van der Waals surface area contributed by atoms with E-state index < -0.39 is 5.60 Å². The first-order chi connectivity index (χ1) is 16.4. The number of phenolic OH excluding ortho intramolecular Hbond substituents is 1. The van der Waals surface area contributed by atoms with Crippen LogP contribution in [0.5, 0.6) is 11.5 Å². The van der Waals surface area contributed by atoms with E-state index in [1.54, 1.807) is 24.3 Å². The van der Waals surface area contributed by atoms with Crippen molar-refractivity contribution in [1.29, 1.82) is 0 Å². The van der Waals surface area contributed by atoms with Gasteiger partial charge in [0.25, 0.3) is 0 Å². The van der Waals surface area contributed by atoms with E-state index in [-0.39, 0.29) is 5.75 Å². The van der Waals surface area contributed by atoms with Crippen molar-refractivity contribution in [1.82, 2.24) is 0 Å². The number of halogens is 1. The fourth-order valence-electron chi connectivity index (χ4n) is 4.62. The molecule has 0 saturated carbocycles. The van der Waals surface area contributed by atoms with E-state index in [1.807, 2.05) is 18.2 Å². The van der Waals surface area contributed by atoms with Gasteiger partial charge in [0.15, 0.2) is 0 Å². The number of rotatable bonds is 5. The van der Waals surface area contributed by atoms with Crippen LogP contribution in [0.15, 0.2) is 109 Å². The number of allylic oxidation sites excluding steroid dienone is 2. The molecule has 0 radical (unpaired) electrons. The molecule has 1 N–H and O–H groups in total. The lowest BCUT2D eigenvalue weighted by Gasteiger charge is -2.31. The highest BCUT2D eigenvalue weighted by Gasteiger charge is 2.33. The Bertz CT molecular complexity index is 1380. The summed E-state index contributed by atoms with van der Waals surface area (Å²) in [6.45, 7) is 4.18. The number of phenols is 1. The van der Waals surface area contributed by atoms with Crippen molar-refractivity contribution in [2.45, 2.75) is 19.4 Å². The molecule has 0 fully saturated rings. The molecule has 1 aliphatic carbocycles. The fourth-order valence-corrected chi connectivity index (χ4v) is 4.75. The molecule has 34 heavy (non-hydrogen) atoms. The quantitative estimate of drug-likeness (QED) is 0.322. The number of benzene rings is 4. The van der Waals surface area contributed by atoms with Crippen LogP contribution in [0.2, 0.25) is 5.02 Å². The van der Waals surface area contributed by atoms with Crippen LogP contribution in [-0.2, 0) is 0 Å². The van der Waals surface area contributed by atoms with Gasteiger partial charge in [0.1, 0.15) is 17.1 Å². The van der Waals surface area contributed by atoms with Gasteiger partial charge in [-0.2, -0.15) is 0 Å². The lowest BCUT2D eigenvalue weighted by atomic mass is 9.85. The monoisotopic (exact) mass is 464 g/mol. The van der Waals surface area contributed by atoms with Crippen molar-refractivity contribution in [2.75, 3.05) is 0 Å². The number of fused-ring (bicyclic) bond motifs is 1. The molecule has 0 unspecified atom stereocenters. The van der Waals surface area contributed by atoms with E-state index in [0.717, 1.165) is 32.9 Å². The fraction of sp³-hybridized carbons (Fsp3) is 0.0968. The summed E-state index contributed by atoms with van der Waals surface area (Å²) in [7, 11) is 0. The first-order valence-electron chi connectivity index (χ1n) is 11.3. The second kappa shape index (κ2) is 8.89. The van der Waals surface area contributed by atoms with Gasteiger partial charge in [0, 0.05) is 10.6 Å². The molecule has 0 saturated heterocycles. The minimum absolute atomic E-state index is 0.215. The summed E-state index contributed by atoms with van der Waals surface area (Å²) in [6.07, 6.45) is 2.26. The van der Waals surface area contributed by atoms with Crippen LogP contribution in [0.1, 0.15) is 36.1 Å². The largest absolute Gasteiger partial charge is 0.508 e. The maximum absolute atomic E-state index is 9.70. The van der Waals surface area contributed by atoms with Crippen LogP contribution in [0.3, 0.4) is 0 Å². The zero-order valence-corrected chi connectivity index (χ0v) is 19.9. The van der Waals surface area contributed by atoms with Crippen LogP contribution >= 0.6 is 11.6 Å². The first-order valence-corrected chi connectivity index (χ1v) is 11.7. The zero-order valence-electron chi connectivity index (χ0n) is 19.1. The molecule has 3 heteroatoms. The van der Waals surface area contributed by atoms with E-state index in [9.17, 15) is 5.11 Å². The normalized spacial score (nSPS) is 14.4. The molecule has 5 rings (SSSR count). The highest BCUT2D eigenvalue weighted by molar-refractivity contribution is 6.30. The Labute approximate surface area is 205 Å². The number of hydrogen-bond acceptors (Lipinski definition) is 2. The van der Waals surface area contributed by atoms with Crippen LogP contribution < -0.4 is 4.74 Å². The molecule has 4 aromatic carbocycles. The van der Waals surface area contributed by atoms with Crippen LogP contribution in [0, 0.1) is 0 Å². The van der Waals surface area contributed by atoms with Crippen LogP contribution in [0.25, 0.3) is 16.7 Å². The maximum Gasteiger partial charge on any atom is 0.130 e. The molecule has 0 aliphatic heterocycles. The summed E-state index contributed by atoms with van der Waals surface area (Å²) in [5.41, 5.74) is 7.32. The molecular formula is C31H25ClO2. The third kappa shape index (κ3) is 4.25. The third-order valence-corrected chi connectivity index (χ3v) is 6.35. The van der Waals surface area contributed by atoms with Gasteiger partial charge in [-0.15, -0.1) is 0 Å². The van der Waals surface area contributed by atoms with Gasteiger partial charge in [-0.1, -0.05) is 78.3 Å². The summed E-state index contributed by atoms with van der Waals surface area (Å²) in [5.74, 6) is 0.914. The number of aromatic hydroxyl groups is 1. The maximum atomic E-state index is 9.70. The summed E-state index contributed by atoms with van der Waals surface area (Å²) in [4.78, 5) is 0. The SMILES string of the molecule is CC(C)(Oc1ccc(O)cc1)/C(=C1/C=C(c2ccc(Cl)cc2)c2ccccc21)c1ccccc1. The molecule has 4 aromatic rings. The molecular weight excluding hydrogens is 440 g/mol. The summed E-state index contributed by atoms with van der Waals surface area (Å²) in [6, 6.07) is 33.7. The molecule has 168 valence electrons. The lowest BCUT2D eigenvalue weighted by Crippen LogP contribution is -2.30. The van der Waals surface area contributed by atoms with Gasteiger partial charge < -0.3 is 9.84 Å². The van der Waals surface area contributed by atoms with E-state index in [1.165, 1.54) is 11.1 Å². The van der Waals surface area contributed by atoms with Crippen LogP contribution in [0.4, 0.5) is 0 Å². The minimum atomic E-state index is -0.660.